The Morgan fingerprint density at radius 2 is 2.40 bits per heavy atom. The molecule has 2 aromatic rings. The third-order valence-electron chi connectivity index (χ3n) is 2.20. The fourth-order valence-corrected chi connectivity index (χ4v) is 2.67. The second-order valence-electron chi connectivity index (χ2n) is 3.14. The molecule has 2 aromatic heterocycles. The number of hydrogen-bond acceptors (Lipinski definition) is 3. The van der Waals surface area contributed by atoms with Gasteiger partial charge in [0.05, 0.1) is 10.9 Å². The van der Waals surface area contributed by atoms with Crippen molar-refractivity contribution in [2.24, 2.45) is 0 Å². The summed E-state index contributed by atoms with van der Waals surface area (Å²) < 4.78 is 5.66. The van der Waals surface area contributed by atoms with E-state index in [9.17, 15) is 4.79 Å². The minimum Gasteiger partial charge on any atom is -0.461 e. The summed E-state index contributed by atoms with van der Waals surface area (Å²) in [5, 5.41) is 0.994. The van der Waals surface area contributed by atoms with Crippen LogP contribution >= 0.6 is 22.9 Å². The third kappa shape index (κ3) is 1.75. The maximum atomic E-state index is 11.5. The van der Waals surface area contributed by atoms with Gasteiger partial charge in [-0.1, -0.05) is 11.6 Å². The van der Waals surface area contributed by atoms with Crippen molar-refractivity contribution in [2.75, 3.05) is 6.61 Å². The van der Waals surface area contributed by atoms with Crippen LogP contribution in [0.4, 0.5) is 0 Å². The van der Waals surface area contributed by atoms with Gasteiger partial charge in [-0.2, -0.15) is 0 Å². The highest BCUT2D eigenvalue weighted by Gasteiger charge is 2.17. The summed E-state index contributed by atoms with van der Waals surface area (Å²) in [6.07, 6.45) is 0. The summed E-state index contributed by atoms with van der Waals surface area (Å²) in [6, 6.07) is 1.86. The number of nitrogens with one attached hydrogen (secondary N) is 1. The number of aromatic nitrogens is 1. The topological polar surface area (TPSA) is 42.1 Å². The number of hydrogen-bond donors (Lipinski definition) is 1. The van der Waals surface area contributed by atoms with Crippen LogP contribution in [0.1, 0.15) is 23.0 Å². The Balaban J connectivity index is 2.49. The molecule has 0 aliphatic rings. The van der Waals surface area contributed by atoms with E-state index >= 15 is 0 Å². The Labute approximate surface area is 96.0 Å². The van der Waals surface area contributed by atoms with E-state index in [-0.39, 0.29) is 5.97 Å². The summed E-state index contributed by atoms with van der Waals surface area (Å²) in [5.74, 6) is -0.311. The number of ether oxygens (including phenoxy) is 1. The smallest absolute Gasteiger partial charge is 0.355 e. The van der Waals surface area contributed by atoms with Crippen molar-refractivity contribution in [1.29, 1.82) is 0 Å². The molecular formula is C10H10ClNO2S. The first-order chi connectivity index (χ1) is 7.13. The van der Waals surface area contributed by atoms with Gasteiger partial charge in [0.1, 0.15) is 10.5 Å². The highest BCUT2D eigenvalue weighted by atomic mass is 35.5. The number of rotatable bonds is 2. The number of aromatic amines is 1. The van der Waals surface area contributed by atoms with Crippen LogP contribution in [-0.2, 0) is 4.74 Å². The summed E-state index contributed by atoms with van der Waals surface area (Å²) in [7, 11) is 0. The van der Waals surface area contributed by atoms with E-state index in [1.807, 2.05) is 13.0 Å². The molecule has 0 atom stereocenters. The maximum absolute atomic E-state index is 11.5. The van der Waals surface area contributed by atoms with Crippen molar-refractivity contribution in [2.45, 2.75) is 13.8 Å². The molecule has 0 unspecified atom stereocenters. The van der Waals surface area contributed by atoms with Crippen molar-refractivity contribution in [3.63, 3.8) is 0 Å². The SMILES string of the molecule is CCOC(=O)c1[nH]c2sc(Cl)cc2c1C. The monoisotopic (exact) mass is 243 g/mol. The predicted molar refractivity (Wildman–Crippen MR) is 61.9 cm³/mol. The van der Waals surface area contributed by atoms with E-state index in [4.69, 9.17) is 16.3 Å². The van der Waals surface area contributed by atoms with Crippen molar-refractivity contribution in [1.82, 2.24) is 4.98 Å². The van der Waals surface area contributed by atoms with Crippen molar-refractivity contribution in [3.05, 3.63) is 21.7 Å². The molecule has 0 amide bonds. The molecule has 3 nitrogen and oxygen atoms in total. The van der Waals surface area contributed by atoms with E-state index in [0.29, 0.717) is 12.3 Å². The first kappa shape index (κ1) is 10.5. The number of carbonyl (C=O) groups is 1. The number of esters is 1. The van der Waals surface area contributed by atoms with Crippen LogP contribution in [0.25, 0.3) is 10.2 Å². The van der Waals surface area contributed by atoms with Crippen LogP contribution < -0.4 is 0 Å². The van der Waals surface area contributed by atoms with Gasteiger partial charge in [0.25, 0.3) is 0 Å². The number of fused-ring (bicyclic) bond motifs is 1. The summed E-state index contributed by atoms with van der Waals surface area (Å²) in [5.41, 5.74) is 1.42. The number of H-pyrrole nitrogens is 1. The van der Waals surface area contributed by atoms with Gasteiger partial charge in [-0.25, -0.2) is 4.79 Å². The van der Waals surface area contributed by atoms with E-state index < -0.39 is 0 Å². The summed E-state index contributed by atoms with van der Waals surface area (Å²) in [6.45, 7) is 4.05. The van der Waals surface area contributed by atoms with Crippen molar-refractivity contribution >= 4 is 39.1 Å². The molecule has 2 rings (SSSR count). The molecule has 0 saturated carbocycles. The molecule has 0 aliphatic carbocycles. The molecule has 0 spiro atoms. The van der Waals surface area contributed by atoms with Crippen LogP contribution in [0.15, 0.2) is 6.07 Å². The molecule has 5 heteroatoms. The Hall–Kier alpha value is -1.00. The van der Waals surface area contributed by atoms with Crippen molar-refractivity contribution < 1.29 is 9.53 Å². The van der Waals surface area contributed by atoms with Crippen molar-refractivity contribution in [3.8, 4) is 0 Å². The van der Waals surface area contributed by atoms with Gasteiger partial charge in [0.2, 0.25) is 0 Å². The van der Waals surface area contributed by atoms with E-state index in [1.54, 1.807) is 6.92 Å². The first-order valence-electron chi connectivity index (χ1n) is 4.58. The summed E-state index contributed by atoms with van der Waals surface area (Å²) in [4.78, 5) is 15.5. The minimum absolute atomic E-state index is 0.311. The van der Waals surface area contributed by atoms with Gasteiger partial charge in [-0.3, -0.25) is 0 Å². The number of halogens is 1. The van der Waals surface area contributed by atoms with Gasteiger partial charge in [-0.05, 0) is 25.5 Å². The minimum atomic E-state index is -0.311. The predicted octanol–water partition coefficient (Wildman–Crippen LogP) is 3.37. The van der Waals surface area contributed by atoms with Gasteiger partial charge < -0.3 is 9.72 Å². The van der Waals surface area contributed by atoms with E-state index in [2.05, 4.69) is 4.98 Å². The lowest BCUT2D eigenvalue weighted by atomic mass is 10.2. The number of carbonyl (C=O) groups excluding carboxylic acids is 1. The van der Waals surface area contributed by atoms with Gasteiger partial charge >= 0.3 is 5.97 Å². The molecular weight excluding hydrogens is 234 g/mol. The lowest BCUT2D eigenvalue weighted by Gasteiger charge is -1.99. The number of thiophene rings is 1. The Morgan fingerprint density at radius 1 is 1.67 bits per heavy atom. The van der Waals surface area contributed by atoms with Crippen LogP contribution in [0, 0.1) is 6.92 Å². The second kappa shape index (κ2) is 3.87. The fourth-order valence-electron chi connectivity index (χ4n) is 1.48. The molecule has 0 radical (unpaired) electrons. The molecule has 15 heavy (non-hydrogen) atoms. The van der Waals surface area contributed by atoms with Gasteiger partial charge in [0, 0.05) is 5.39 Å². The van der Waals surface area contributed by atoms with Gasteiger partial charge in [0.15, 0.2) is 0 Å². The Bertz CT molecular complexity index is 515. The first-order valence-corrected chi connectivity index (χ1v) is 5.77. The molecule has 1 N–H and O–H groups in total. The van der Waals surface area contributed by atoms with Crippen LogP contribution in [0.2, 0.25) is 4.34 Å². The molecule has 2 heterocycles. The number of aryl methyl sites for hydroxylation is 1. The largest absolute Gasteiger partial charge is 0.461 e. The third-order valence-corrected chi connectivity index (χ3v) is 3.38. The highest BCUT2D eigenvalue weighted by Crippen LogP contribution is 2.32. The second-order valence-corrected chi connectivity index (χ2v) is 4.82. The quantitative estimate of drug-likeness (QED) is 0.822. The van der Waals surface area contributed by atoms with E-state index in [0.717, 1.165) is 20.1 Å². The highest BCUT2D eigenvalue weighted by molar-refractivity contribution is 7.22. The van der Waals surface area contributed by atoms with Crippen LogP contribution in [-0.4, -0.2) is 17.6 Å². The average Bonchev–Trinajstić information content (AvgIpc) is 2.66. The molecule has 0 fully saturated rings. The Kier molecular flexibility index (Phi) is 2.71. The van der Waals surface area contributed by atoms with E-state index in [1.165, 1.54) is 11.3 Å². The lowest BCUT2D eigenvalue weighted by Crippen LogP contribution is -2.06. The zero-order valence-corrected chi connectivity index (χ0v) is 9.96. The molecule has 0 bridgehead atoms. The van der Waals surface area contributed by atoms with Crippen LogP contribution in [0.3, 0.4) is 0 Å². The maximum Gasteiger partial charge on any atom is 0.355 e. The lowest BCUT2D eigenvalue weighted by molar-refractivity contribution is 0.0520. The average molecular weight is 244 g/mol. The molecule has 0 aromatic carbocycles. The zero-order valence-electron chi connectivity index (χ0n) is 8.39. The molecule has 0 saturated heterocycles. The van der Waals surface area contributed by atoms with Crippen LogP contribution in [0.5, 0.6) is 0 Å². The fraction of sp³-hybridized carbons (Fsp3) is 0.300. The standard InChI is InChI=1S/C10H10ClNO2S/c1-3-14-10(13)8-5(2)6-4-7(11)15-9(6)12-8/h4,12H,3H2,1-2H3. The molecule has 80 valence electrons. The zero-order chi connectivity index (χ0) is 11.0. The molecule has 0 aliphatic heterocycles. The summed E-state index contributed by atoms with van der Waals surface area (Å²) >= 11 is 7.30. The Morgan fingerprint density at radius 3 is 3.00 bits per heavy atom. The van der Waals surface area contributed by atoms with Gasteiger partial charge in [-0.15, -0.1) is 11.3 Å². The normalized spacial score (nSPS) is 10.9.